The molecule has 0 amide bonds. The highest BCUT2D eigenvalue weighted by Gasteiger charge is 2.12. The van der Waals surface area contributed by atoms with Gasteiger partial charge in [0.2, 0.25) is 0 Å². The van der Waals surface area contributed by atoms with Crippen LogP contribution in [-0.4, -0.2) is 22.4 Å². The summed E-state index contributed by atoms with van der Waals surface area (Å²) in [4.78, 5) is 28.8. The van der Waals surface area contributed by atoms with E-state index in [4.69, 9.17) is 16.3 Å². The van der Waals surface area contributed by atoms with E-state index < -0.39 is 11.4 Å². The molecule has 0 saturated carbocycles. The normalized spacial score (nSPS) is 10.8. The van der Waals surface area contributed by atoms with Crippen molar-refractivity contribution in [1.29, 1.82) is 0 Å². The summed E-state index contributed by atoms with van der Waals surface area (Å²) in [6, 6.07) is 8.34. The summed E-state index contributed by atoms with van der Waals surface area (Å²) in [6.45, 7) is -0.193. The molecule has 3 aromatic rings. The number of halogens is 2. The minimum absolute atomic E-state index is 0.193. The highest BCUT2D eigenvalue weighted by molar-refractivity contribution is 6.32. The van der Waals surface area contributed by atoms with Crippen molar-refractivity contribution >= 4 is 28.3 Å². The number of carbonyl (C=O) groups excluding carboxylic acids is 1. The second kappa shape index (κ2) is 6.41. The van der Waals surface area contributed by atoms with Crippen molar-refractivity contribution in [3.8, 4) is 5.75 Å². The first-order valence-electron chi connectivity index (χ1n) is 7.01. The third-order valence-electron chi connectivity index (χ3n) is 3.57. The average molecular weight is 347 g/mol. The molecule has 0 unspecified atom stereocenters. The van der Waals surface area contributed by atoms with Gasteiger partial charge in [-0.15, -0.1) is 0 Å². The van der Waals surface area contributed by atoms with Crippen molar-refractivity contribution in [2.24, 2.45) is 0 Å². The lowest BCUT2D eigenvalue weighted by atomic mass is 10.1. The minimum atomic E-state index is -0.476. The third-order valence-corrected chi connectivity index (χ3v) is 3.87. The van der Waals surface area contributed by atoms with Gasteiger partial charge in [-0.3, -0.25) is 14.2 Å². The Kier molecular flexibility index (Phi) is 4.31. The van der Waals surface area contributed by atoms with Crippen LogP contribution in [0.25, 0.3) is 10.9 Å². The molecule has 0 atom stereocenters. The molecule has 5 nitrogen and oxygen atoms in total. The van der Waals surface area contributed by atoms with Gasteiger partial charge in [-0.25, -0.2) is 9.37 Å². The lowest BCUT2D eigenvalue weighted by molar-refractivity contribution is 0.0970. The first-order valence-corrected chi connectivity index (χ1v) is 7.39. The number of Topliss-reactive ketones (excluding diaryl/α,β-unsaturated/α-hetero) is 1. The summed E-state index contributed by atoms with van der Waals surface area (Å²) < 4.78 is 19.4. The highest BCUT2D eigenvalue weighted by Crippen LogP contribution is 2.25. The van der Waals surface area contributed by atoms with Crippen LogP contribution in [0.4, 0.5) is 4.39 Å². The Morgan fingerprint density at radius 2 is 2.08 bits per heavy atom. The van der Waals surface area contributed by atoms with E-state index in [-0.39, 0.29) is 23.2 Å². The second-order valence-electron chi connectivity index (χ2n) is 5.11. The Morgan fingerprint density at radius 3 is 2.79 bits per heavy atom. The molecule has 0 bridgehead atoms. The average Bonchev–Trinajstić information content (AvgIpc) is 2.57. The number of rotatable bonds is 4. The molecule has 1 aromatic heterocycles. The number of hydrogen-bond acceptors (Lipinski definition) is 4. The minimum Gasteiger partial charge on any atom is -0.495 e. The van der Waals surface area contributed by atoms with E-state index >= 15 is 0 Å². The molecular formula is C17H12ClFN2O3. The fraction of sp³-hybridized carbons (Fsp3) is 0.118. The number of benzene rings is 2. The Balaban J connectivity index is 1.93. The lowest BCUT2D eigenvalue weighted by Gasteiger charge is -2.08. The predicted molar refractivity (Wildman–Crippen MR) is 88.3 cm³/mol. The molecule has 0 saturated heterocycles. The van der Waals surface area contributed by atoms with Gasteiger partial charge in [0.1, 0.15) is 11.6 Å². The van der Waals surface area contributed by atoms with Crippen LogP contribution in [-0.2, 0) is 6.54 Å². The molecule has 0 radical (unpaired) electrons. The standard InChI is InChI=1S/C17H12ClFN2O3/c1-24-16-5-2-10(6-13(16)18)15(22)8-21-9-20-14-7-11(19)3-4-12(14)17(21)23/h2-7,9H,8H2,1H3. The third kappa shape index (κ3) is 3.00. The van der Waals surface area contributed by atoms with Gasteiger partial charge in [-0.2, -0.15) is 0 Å². The van der Waals surface area contributed by atoms with Crippen LogP contribution in [0.15, 0.2) is 47.5 Å². The van der Waals surface area contributed by atoms with Crippen molar-refractivity contribution in [3.63, 3.8) is 0 Å². The molecule has 0 aliphatic carbocycles. The van der Waals surface area contributed by atoms with Crippen LogP contribution < -0.4 is 10.3 Å². The maximum absolute atomic E-state index is 13.2. The van der Waals surface area contributed by atoms with E-state index in [2.05, 4.69) is 4.98 Å². The monoisotopic (exact) mass is 346 g/mol. The van der Waals surface area contributed by atoms with Crippen LogP contribution in [0.3, 0.4) is 0 Å². The molecule has 0 N–H and O–H groups in total. The number of ether oxygens (including phenoxy) is 1. The van der Waals surface area contributed by atoms with Gasteiger partial charge in [0.05, 0.1) is 35.9 Å². The Bertz CT molecular complexity index is 1000. The fourth-order valence-electron chi connectivity index (χ4n) is 2.33. The molecular weight excluding hydrogens is 335 g/mol. The summed E-state index contributed by atoms with van der Waals surface area (Å²) in [6.07, 6.45) is 1.23. The fourth-order valence-corrected chi connectivity index (χ4v) is 2.59. The Labute approximate surface area is 141 Å². The first kappa shape index (κ1) is 16.1. The highest BCUT2D eigenvalue weighted by atomic mass is 35.5. The van der Waals surface area contributed by atoms with Crippen LogP contribution in [0.5, 0.6) is 5.75 Å². The van der Waals surface area contributed by atoms with Gasteiger partial charge in [-0.1, -0.05) is 11.6 Å². The van der Waals surface area contributed by atoms with Gasteiger partial charge in [0.25, 0.3) is 5.56 Å². The summed E-state index contributed by atoms with van der Waals surface area (Å²) >= 11 is 6.01. The topological polar surface area (TPSA) is 61.2 Å². The molecule has 0 aliphatic heterocycles. The molecule has 3 rings (SSSR count). The van der Waals surface area contributed by atoms with Crippen molar-refractivity contribution in [1.82, 2.24) is 9.55 Å². The van der Waals surface area contributed by atoms with Crippen LogP contribution in [0.2, 0.25) is 5.02 Å². The van der Waals surface area contributed by atoms with Crippen molar-refractivity contribution in [2.75, 3.05) is 7.11 Å². The van der Waals surface area contributed by atoms with Crippen LogP contribution in [0.1, 0.15) is 10.4 Å². The van der Waals surface area contributed by atoms with Crippen LogP contribution in [0, 0.1) is 5.82 Å². The number of ketones is 1. The van der Waals surface area contributed by atoms with Crippen molar-refractivity contribution in [3.05, 3.63) is 69.5 Å². The van der Waals surface area contributed by atoms with E-state index in [1.54, 1.807) is 12.1 Å². The summed E-state index contributed by atoms with van der Waals surface area (Å²) in [7, 11) is 1.48. The summed E-state index contributed by atoms with van der Waals surface area (Å²) in [5, 5.41) is 0.558. The zero-order valence-corrected chi connectivity index (χ0v) is 13.4. The van der Waals surface area contributed by atoms with E-state index in [1.807, 2.05) is 0 Å². The summed E-state index contributed by atoms with van der Waals surface area (Å²) in [5.41, 5.74) is 0.191. The zero-order valence-electron chi connectivity index (χ0n) is 12.6. The maximum Gasteiger partial charge on any atom is 0.261 e. The Hall–Kier alpha value is -2.73. The van der Waals surface area contributed by atoms with Gasteiger partial charge >= 0.3 is 0 Å². The van der Waals surface area contributed by atoms with Crippen LogP contribution >= 0.6 is 11.6 Å². The van der Waals surface area contributed by atoms with Gasteiger partial charge in [0, 0.05) is 11.6 Å². The SMILES string of the molecule is COc1ccc(C(=O)Cn2cnc3cc(F)ccc3c2=O)cc1Cl. The first-order chi connectivity index (χ1) is 11.5. The van der Waals surface area contributed by atoms with E-state index in [1.165, 1.54) is 42.3 Å². The molecule has 24 heavy (non-hydrogen) atoms. The number of carbonyl (C=O) groups is 1. The zero-order chi connectivity index (χ0) is 17.3. The Morgan fingerprint density at radius 1 is 1.29 bits per heavy atom. The van der Waals surface area contributed by atoms with Gasteiger partial charge in [0.15, 0.2) is 5.78 Å². The molecule has 122 valence electrons. The van der Waals surface area contributed by atoms with E-state index in [0.29, 0.717) is 16.3 Å². The number of methoxy groups -OCH3 is 1. The van der Waals surface area contributed by atoms with E-state index in [0.717, 1.165) is 0 Å². The molecule has 0 fully saturated rings. The van der Waals surface area contributed by atoms with Gasteiger partial charge in [-0.05, 0) is 30.3 Å². The predicted octanol–water partition coefficient (Wildman–Crippen LogP) is 3.08. The molecule has 0 spiro atoms. The number of hydrogen-bond donors (Lipinski definition) is 0. The number of aromatic nitrogens is 2. The van der Waals surface area contributed by atoms with Crippen molar-refractivity contribution < 1.29 is 13.9 Å². The lowest BCUT2D eigenvalue weighted by Crippen LogP contribution is -2.24. The largest absolute Gasteiger partial charge is 0.495 e. The summed E-state index contributed by atoms with van der Waals surface area (Å²) in [5.74, 6) is -0.319. The van der Waals surface area contributed by atoms with Gasteiger partial charge < -0.3 is 4.74 Å². The quantitative estimate of drug-likeness (QED) is 0.681. The second-order valence-corrected chi connectivity index (χ2v) is 5.52. The molecule has 2 aromatic carbocycles. The maximum atomic E-state index is 13.2. The number of fused-ring (bicyclic) bond motifs is 1. The number of nitrogens with zero attached hydrogens (tertiary/aromatic N) is 2. The smallest absolute Gasteiger partial charge is 0.261 e. The van der Waals surface area contributed by atoms with Crippen molar-refractivity contribution in [2.45, 2.75) is 6.54 Å². The molecule has 7 heteroatoms. The van der Waals surface area contributed by atoms with E-state index in [9.17, 15) is 14.0 Å². The molecule has 0 aliphatic rings. The molecule has 1 heterocycles.